The lowest BCUT2D eigenvalue weighted by Gasteiger charge is -2.48. The van der Waals surface area contributed by atoms with Crippen LogP contribution in [0.1, 0.15) is 51.9 Å². The zero-order valence-corrected chi connectivity index (χ0v) is 15.5. The van der Waals surface area contributed by atoms with E-state index >= 15 is 0 Å². The minimum absolute atomic E-state index is 0.0360. The number of hydrogen-bond acceptors (Lipinski definition) is 4. The van der Waals surface area contributed by atoms with Crippen LogP contribution >= 0.6 is 11.8 Å². The maximum Gasteiger partial charge on any atom is 0.239 e. The highest BCUT2D eigenvalue weighted by atomic mass is 32.2. The maximum atomic E-state index is 12.5. The van der Waals surface area contributed by atoms with E-state index in [1.54, 1.807) is 0 Å². The molecule has 0 radical (unpaired) electrons. The van der Waals surface area contributed by atoms with Crippen molar-refractivity contribution in [3.63, 3.8) is 0 Å². The zero-order chi connectivity index (χ0) is 16.1. The Morgan fingerprint density at radius 2 is 1.70 bits per heavy atom. The molecule has 2 saturated heterocycles. The normalized spacial score (nSPS) is 27.1. The summed E-state index contributed by atoms with van der Waals surface area (Å²) in [7, 11) is 0. The number of likely N-dealkylation sites (tertiary alicyclic amines) is 1. The van der Waals surface area contributed by atoms with E-state index < -0.39 is 0 Å². The van der Waals surface area contributed by atoms with Crippen LogP contribution in [-0.4, -0.2) is 71.5 Å². The van der Waals surface area contributed by atoms with Crippen LogP contribution in [-0.2, 0) is 4.79 Å². The van der Waals surface area contributed by atoms with Crippen LogP contribution in [0, 0.1) is 0 Å². The molecule has 132 valence electrons. The summed E-state index contributed by atoms with van der Waals surface area (Å²) < 4.78 is 0. The largest absolute Gasteiger partial charge is 0.341 e. The number of thioether (sulfide) groups is 1. The highest BCUT2D eigenvalue weighted by molar-refractivity contribution is 7.99. The Bertz CT molecular complexity index is 386. The van der Waals surface area contributed by atoms with Gasteiger partial charge in [0.15, 0.2) is 0 Å². The Hall–Kier alpha value is -0.260. The van der Waals surface area contributed by atoms with Gasteiger partial charge in [-0.05, 0) is 32.6 Å². The third kappa shape index (κ3) is 4.23. The van der Waals surface area contributed by atoms with Crippen molar-refractivity contribution in [3.05, 3.63) is 0 Å². The van der Waals surface area contributed by atoms with Gasteiger partial charge in [-0.15, -0.1) is 0 Å². The molecule has 1 aliphatic carbocycles. The molecule has 1 saturated carbocycles. The predicted octanol–water partition coefficient (Wildman–Crippen LogP) is 2.34. The van der Waals surface area contributed by atoms with E-state index in [1.165, 1.54) is 69.5 Å². The lowest BCUT2D eigenvalue weighted by Crippen LogP contribution is -2.60. The van der Waals surface area contributed by atoms with Crippen LogP contribution in [0.2, 0.25) is 0 Å². The summed E-state index contributed by atoms with van der Waals surface area (Å²) in [5.41, 5.74) is 0.304. The molecule has 0 aromatic carbocycles. The summed E-state index contributed by atoms with van der Waals surface area (Å²) >= 11 is 2.08. The van der Waals surface area contributed by atoms with E-state index in [2.05, 4.69) is 28.9 Å². The molecule has 1 atom stereocenters. The maximum absolute atomic E-state index is 12.5. The Kier molecular flexibility index (Phi) is 6.27. The number of carbonyl (C=O) groups is 1. The van der Waals surface area contributed by atoms with Crippen molar-refractivity contribution >= 4 is 17.7 Å². The second-order valence-electron chi connectivity index (χ2n) is 7.52. The fraction of sp³-hybridized carbons (Fsp3) is 0.944. The van der Waals surface area contributed by atoms with Gasteiger partial charge in [-0.1, -0.05) is 19.3 Å². The number of carbonyl (C=O) groups excluding carboxylic acids is 1. The highest BCUT2D eigenvalue weighted by Gasteiger charge is 2.39. The molecule has 0 aromatic heterocycles. The second-order valence-corrected chi connectivity index (χ2v) is 8.74. The molecule has 5 heteroatoms. The van der Waals surface area contributed by atoms with Gasteiger partial charge < -0.3 is 10.2 Å². The molecule has 2 heterocycles. The molecular formula is C18H33N3OS. The number of nitrogens with one attached hydrogen (secondary N) is 1. The molecule has 1 unspecified atom stereocenters. The van der Waals surface area contributed by atoms with Crippen LogP contribution in [0.3, 0.4) is 0 Å². The first kappa shape index (κ1) is 17.6. The highest BCUT2D eigenvalue weighted by Crippen LogP contribution is 2.35. The summed E-state index contributed by atoms with van der Waals surface area (Å²) in [4.78, 5) is 17.3. The summed E-state index contributed by atoms with van der Waals surface area (Å²) in [5.74, 6) is 2.84. The standard InChI is InChI=1S/C18H33N3OS/c1-16(17(22)20-9-5-6-10-20)19-15-18(7-3-2-4-8-18)21-11-13-23-14-12-21/h16,19H,2-15H2,1H3. The number of hydrogen-bond donors (Lipinski definition) is 1. The average Bonchev–Trinajstić information content (AvgIpc) is 3.15. The third-order valence-electron chi connectivity index (χ3n) is 5.99. The van der Waals surface area contributed by atoms with Crippen molar-refractivity contribution in [2.24, 2.45) is 0 Å². The van der Waals surface area contributed by atoms with Crippen LogP contribution in [0.15, 0.2) is 0 Å². The Labute approximate surface area is 145 Å². The zero-order valence-electron chi connectivity index (χ0n) is 14.7. The minimum Gasteiger partial charge on any atom is -0.341 e. The SMILES string of the molecule is CC(NCC1(N2CCSCC2)CCCCC1)C(=O)N1CCCC1. The Balaban J connectivity index is 1.58. The van der Waals surface area contributed by atoms with Crippen molar-refractivity contribution < 1.29 is 4.79 Å². The van der Waals surface area contributed by atoms with Gasteiger partial charge in [0, 0.05) is 49.8 Å². The van der Waals surface area contributed by atoms with Gasteiger partial charge in [0.05, 0.1) is 6.04 Å². The van der Waals surface area contributed by atoms with Crippen LogP contribution in [0.5, 0.6) is 0 Å². The molecule has 1 N–H and O–H groups in total. The van der Waals surface area contributed by atoms with Crippen LogP contribution in [0.4, 0.5) is 0 Å². The third-order valence-corrected chi connectivity index (χ3v) is 6.93. The molecule has 0 bridgehead atoms. The molecule has 3 rings (SSSR count). The molecule has 0 aromatic rings. The molecule has 1 amide bonds. The van der Waals surface area contributed by atoms with E-state index in [1.807, 2.05) is 4.90 Å². The summed E-state index contributed by atoms with van der Waals surface area (Å²) in [6.07, 6.45) is 9.03. The second kappa shape index (κ2) is 8.21. The summed E-state index contributed by atoms with van der Waals surface area (Å²) in [6.45, 7) is 7.40. The van der Waals surface area contributed by atoms with Crippen molar-refractivity contribution in [3.8, 4) is 0 Å². The number of amides is 1. The van der Waals surface area contributed by atoms with E-state index in [9.17, 15) is 4.79 Å². The fourth-order valence-electron chi connectivity index (χ4n) is 4.49. The van der Waals surface area contributed by atoms with Gasteiger partial charge in [-0.2, -0.15) is 11.8 Å². The fourth-order valence-corrected chi connectivity index (χ4v) is 5.40. The lowest BCUT2D eigenvalue weighted by molar-refractivity contribution is -0.132. The van der Waals surface area contributed by atoms with E-state index in [0.29, 0.717) is 11.4 Å². The van der Waals surface area contributed by atoms with E-state index in [0.717, 1.165) is 19.6 Å². The molecule has 23 heavy (non-hydrogen) atoms. The van der Waals surface area contributed by atoms with Crippen molar-refractivity contribution in [1.82, 2.24) is 15.1 Å². The van der Waals surface area contributed by atoms with Gasteiger partial charge in [-0.3, -0.25) is 9.69 Å². The lowest BCUT2D eigenvalue weighted by atomic mass is 9.79. The van der Waals surface area contributed by atoms with Crippen LogP contribution < -0.4 is 5.32 Å². The first-order chi connectivity index (χ1) is 11.2. The average molecular weight is 340 g/mol. The van der Waals surface area contributed by atoms with Gasteiger partial charge in [0.25, 0.3) is 0 Å². The van der Waals surface area contributed by atoms with Crippen molar-refractivity contribution in [2.75, 3.05) is 44.2 Å². The summed E-state index contributed by atoms with van der Waals surface area (Å²) in [5, 5.41) is 3.63. The Morgan fingerprint density at radius 1 is 1.04 bits per heavy atom. The first-order valence-electron chi connectivity index (χ1n) is 9.56. The monoisotopic (exact) mass is 339 g/mol. The molecule has 4 nitrogen and oxygen atoms in total. The van der Waals surface area contributed by atoms with Crippen molar-refractivity contribution in [1.29, 1.82) is 0 Å². The Morgan fingerprint density at radius 3 is 2.35 bits per heavy atom. The quantitative estimate of drug-likeness (QED) is 0.834. The topological polar surface area (TPSA) is 35.6 Å². The van der Waals surface area contributed by atoms with Crippen LogP contribution in [0.25, 0.3) is 0 Å². The van der Waals surface area contributed by atoms with E-state index in [-0.39, 0.29) is 6.04 Å². The number of rotatable bonds is 5. The molecule has 3 fully saturated rings. The number of nitrogens with zero attached hydrogens (tertiary/aromatic N) is 2. The molecule has 0 spiro atoms. The van der Waals surface area contributed by atoms with Gasteiger partial charge >= 0.3 is 0 Å². The minimum atomic E-state index is -0.0360. The molecule has 2 aliphatic heterocycles. The van der Waals surface area contributed by atoms with E-state index in [4.69, 9.17) is 0 Å². The van der Waals surface area contributed by atoms with Crippen molar-refractivity contribution in [2.45, 2.75) is 63.5 Å². The molecule has 3 aliphatic rings. The first-order valence-corrected chi connectivity index (χ1v) is 10.7. The van der Waals surface area contributed by atoms with Gasteiger partial charge in [-0.25, -0.2) is 0 Å². The smallest absolute Gasteiger partial charge is 0.239 e. The predicted molar refractivity (Wildman–Crippen MR) is 98.0 cm³/mol. The molecular weight excluding hydrogens is 306 g/mol. The van der Waals surface area contributed by atoms with Gasteiger partial charge in [0.2, 0.25) is 5.91 Å². The summed E-state index contributed by atoms with van der Waals surface area (Å²) in [6, 6.07) is -0.0360. The van der Waals surface area contributed by atoms with Gasteiger partial charge in [0.1, 0.15) is 0 Å².